The van der Waals surface area contributed by atoms with Gasteiger partial charge in [-0.3, -0.25) is 0 Å². The van der Waals surface area contributed by atoms with Crippen molar-refractivity contribution in [3.05, 3.63) is 16.6 Å². The van der Waals surface area contributed by atoms with Crippen LogP contribution in [0.25, 0.3) is 6.08 Å². The lowest BCUT2D eigenvalue weighted by Gasteiger charge is -1.99. The molecule has 0 bridgehead atoms. The molecular weight excluding hydrogens is 144 g/mol. The zero-order chi connectivity index (χ0) is 6.97. The summed E-state index contributed by atoms with van der Waals surface area (Å²) in [7, 11) is 0. The topological polar surface area (TPSA) is 38.9 Å². The number of anilines is 1. The van der Waals surface area contributed by atoms with Gasteiger partial charge < -0.3 is 5.73 Å². The molecule has 2 rings (SSSR count). The van der Waals surface area contributed by atoms with Gasteiger partial charge in [0, 0.05) is 4.88 Å². The molecule has 1 aromatic rings. The Morgan fingerprint density at radius 2 is 2.50 bits per heavy atom. The summed E-state index contributed by atoms with van der Waals surface area (Å²) in [6.45, 7) is 0. The molecule has 0 amide bonds. The van der Waals surface area contributed by atoms with Crippen LogP contribution in [0.3, 0.4) is 0 Å². The summed E-state index contributed by atoms with van der Waals surface area (Å²) in [6, 6.07) is 0. The van der Waals surface area contributed by atoms with E-state index in [4.69, 9.17) is 5.73 Å². The van der Waals surface area contributed by atoms with Gasteiger partial charge >= 0.3 is 0 Å². The minimum Gasteiger partial charge on any atom is -0.375 e. The number of allylic oxidation sites excluding steroid dienone is 1. The number of thiazole rings is 1. The minimum absolute atomic E-state index is 0.691. The Hall–Kier alpha value is -0.830. The highest BCUT2D eigenvalue weighted by molar-refractivity contribution is 7.15. The highest BCUT2D eigenvalue weighted by Crippen LogP contribution is 2.26. The Bertz CT molecular complexity index is 275. The molecule has 1 aliphatic carbocycles. The van der Waals surface area contributed by atoms with E-state index in [0.717, 1.165) is 18.5 Å². The maximum Gasteiger partial charge on any atom is 0.180 e. The van der Waals surface area contributed by atoms with Crippen LogP contribution in [0.4, 0.5) is 5.13 Å². The number of hydrogen-bond donors (Lipinski definition) is 1. The molecule has 0 saturated heterocycles. The summed E-state index contributed by atoms with van der Waals surface area (Å²) >= 11 is 1.61. The van der Waals surface area contributed by atoms with Gasteiger partial charge in [-0.05, 0) is 18.9 Å². The first-order chi connectivity index (χ1) is 4.86. The van der Waals surface area contributed by atoms with Gasteiger partial charge in [-0.2, -0.15) is 0 Å². The molecule has 3 heteroatoms. The second kappa shape index (κ2) is 2.09. The molecule has 0 atom stereocenters. The highest BCUT2D eigenvalue weighted by Gasteiger charge is 2.08. The van der Waals surface area contributed by atoms with E-state index in [0.29, 0.717) is 5.13 Å². The molecule has 0 aromatic carbocycles. The maximum atomic E-state index is 5.53. The summed E-state index contributed by atoms with van der Waals surface area (Å²) in [5, 5.41) is 0.691. The van der Waals surface area contributed by atoms with E-state index in [9.17, 15) is 0 Å². The van der Waals surface area contributed by atoms with E-state index < -0.39 is 0 Å². The van der Waals surface area contributed by atoms with Crippen molar-refractivity contribution in [2.24, 2.45) is 0 Å². The van der Waals surface area contributed by atoms with E-state index in [1.807, 2.05) is 6.08 Å². The van der Waals surface area contributed by atoms with Crippen molar-refractivity contribution in [2.75, 3.05) is 5.73 Å². The number of fused-ring (bicyclic) bond motifs is 1. The second-order valence-electron chi connectivity index (χ2n) is 2.30. The number of aromatic nitrogens is 1. The Morgan fingerprint density at radius 1 is 1.60 bits per heavy atom. The van der Waals surface area contributed by atoms with Gasteiger partial charge in [-0.25, -0.2) is 4.98 Å². The fourth-order valence-electron chi connectivity index (χ4n) is 1.10. The van der Waals surface area contributed by atoms with Crippen molar-refractivity contribution < 1.29 is 0 Å². The first-order valence-corrected chi connectivity index (χ1v) is 4.09. The standard InChI is InChI=1S/C7H8N2S/c8-7-9-5-3-1-2-4-6(5)10-7/h1,3H,2,4H2,(H2,8,9). The lowest BCUT2D eigenvalue weighted by molar-refractivity contribution is 1.00. The quantitative estimate of drug-likeness (QED) is 0.614. The molecule has 0 fully saturated rings. The molecule has 10 heavy (non-hydrogen) atoms. The molecule has 0 unspecified atom stereocenters. The zero-order valence-electron chi connectivity index (χ0n) is 5.50. The average Bonchev–Trinajstić information content (AvgIpc) is 2.27. The fraction of sp³-hybridized carbons (Fsp3) is 0.286. The molecule has 52 valence electrons. The third-order valence-electron chi connectivity index (χ3n) is 1.56. The predicted octanol–water partition coefficient (Wildman–Crippen LogP) is 1.68. The van der Waals surface area contributed by atoms with E-state index in [-0.39, 0.29) is 0 Å². The van der Waals surface area contributed by atoms with Gasteiger partial charge in [0.25, 0.3) is 0 Å². The molecular formula is C7H8N2S. The van der Waals surface area contributed by atoms with Gasteiger partial charge in [0.2, 0.25) is 0 Å². The Balaban J connectivity index is 2.53. The van der Waals surface area contributed by atoms with Crippen molar-refractivity contribution in [3.63, 3.8) is 0 Å². The third-order valence-corrected chi connectivity index (χ3v) is 2.52. The molecule has 1 aliphatic rings. The van der Waals surface area contributed by atoms with Gasteiger partial charge in [0.05, 0.1) is 5.69 Å². The number of nitrogens with zero attached hydrogens (tertiary/aromatic N) is 1. The number of hydrogen-bond acceptors (Lipinski definition) is 3. The van der Waals surface area contributed by atoms with Crippen LogP contribution in [0.2, 0.25) is 0 Å². The zero-order valence-corrected chi connectivity index (χ0v) is 6.32. The number of nitrogen functional groups attached to an aromatic ring is 1. The predicted molar refractivity (Wildman–Crippen MR) is 43.9 cm³/mol. The normalized spacial score (nSPS) is 15.2. The molecule has 0 aliphatic heterocycles. The van der Waals surface area contributed by atoms with Crippen molar-refractivity contribution in [3.8, 4) is 0 Å². The van der Waals surface area contributed by atoms with Crippen molar-refractivity contribution in [2.45, 2.75) is 12.8 Å². The molecule has 1 aromatic heterocycles. The number of aryl methyl sites for hydroxylation is 1. The Labute approximate surface area is 63.4 Å². The van der Waals surface area contributed by atoms with Gasteiger partial charge in [-0.15, -0.1) is 11.3 Å². The third kappa shape index (κ3) is 0.827. The largest absolute Gasteiger partial charge is 0.375 e. The van der Waals surface area contributed by atoms with Crippen LogP contribution in [-0.2, 0) is 6.42 Å². The molecule has 0 saturated carbocycles. The monoisotopic (exact) mass is 152 g/mol. The number of nitrogens with two attached hydrogens (primary N) is 1. The van der Waals surface area contributed by atoms with Gasteiger partial charge in [-0.1, -0.05) is 6.08 Å². The molecule has 2 N–H and O–H groups in total. The van der Waals surface area contributed by atoms with Crippen molar-refractivity contribution in [1.29, 1.82) is 0 Å². The van der Waals surface area contributed by atoms with Crippen LogP contribution in [0.1, 0.15) is 17.0 Å². The minimum atomic E-state index is 0.691. The van der Waals surface area contributed by atoms with Gasteiger partial charge in [0.1, 0.15) is 0 Å². The summed E-state index contributed by atoms with van der Waals surface area (Å²) in [4.78, 5) is 5.49. The van der Waals surface area contributed by atoms with Crippen molar-refractivity contribution >= 4 is 22.5 Å². The summed E-state index contributed by atoms with van der Waals surface area (Å²) in [5.41, 5.74) is 6.61. The molecule has 0 radical (unpaired) electrons. The van der Waals surface area contributed by atoms with Crippen LogP contribution < -0.4 is 5.73 Å². The lowest BCUT2D eigenvalue weighted by atomic mass is 10.1. The maximum absolute atomic E-state index is 5.53. The van der Waals surface area contributed by atoms with E-state index in [1.165, 1.54) is 4.88 Å². The van der Waals surface area contributed by atoms with E-state index in [1.54, 1.807) is 11.3 Å². The van der Waals surface area contributed by atoms with Gasteiger partial charge in [0.15, 0.2) is 5.13 Å². The fourth-order valence-corrected chi connectivity index (χ4v) is 1.94. The number of rotatable bonds is 0. The Morgan fingerprint density at radius 3 is 3.30 bits per heavy atom. The molecule has 1 heterocycles. The summed E-state index contributed by atoms with van der Waals surface area (Å²) < 4.78 is 0. The van der Waals surface area contributed by atoms with Crippen molar-refractivity contribution in [1.82, 2.24) is 4.98 Å². The summed E-state index contributed by atoms with van der Waals surface area (Å²) in [5.74, 6) is 0. The Kier molecular flexibility index (Phi) is 1.24. The molecule has 0 spiro atoms. The van der Waals surface area contributed by atoms with E-state index in [2.05, 4.69) is 11.1 Å². The van der Waals surface area contributed by atoms with Crippen LogP contribution in [-0.4, -0.2) is 4.98 Å². The average molecular weight is 152 g/mol. The first kappa shape index (κ1) is 5.92. The van der Waals surface area contributed by atoms with Crippen LogP contribution in [0.5, 0.6) is 0 Å². The summed E-state index contributed by atoms with van der Waals surface area (Å²) in [6.07, 6.45) is 6.43. The van der Waals surface area contributed by atoms with Crippen LogP contribution >= 0.6 is 11.3 Å². The SMILES string of the molecule is Nc1nc2c(s1)CCC=C2. The second-order valence-corrected chi connectivity index (χ2v) is 3.42. The smallest absolute Gasteiger partial charge is 0.180 e. The first-order valence-electron chi connectivity index (χ1n) is 3.28. The van der Waals surface area contributed by atoms with E-state index >= 15 is 0 Å². The highest BCUT2D eigenvalue weighted by atomic mass is 32.1. The van der Waals surface area contributed by atoms with Crippen LogP contribution in [0.15, 0.2) is 6.08 Å². The van der Waals surface area contributed by atoms with Crippen LogP contribution in [0, 0.1) is 0 Å². The molecule has 2 nitrogen and oxygen atoms in total. The lowest BCUT2D eigenvalue weighted by Crippen LogP contribution is -1.88.